The lowest BCUT2D eigenvalue weighted by molar-refractivity contribution is 0.290. The SMILES string of the molecule is Nc1ccc(NCCc2cscn2)nc1OCC1CC1. The van der Waals surface area contributed by atoms with Crippen molar-refractivity contribution in [3.63, 3.8) is 0 Å². The van der Waals surface area contributed by atoms with Crippen molar-refractivity contribution in [2.24, 2.45) is 5.92 Å². The van der Waals surface area contributed by atoms with E-state index in [-0.39, 0.29) is 0 Å². The van der Waals surface area contributed by atoms with Gasteiger partial charge >= 0.3 is 0 Å². The molecule has 0 bridgehead atoms. The zero-order valence-corrected chi connectivity index (χ0v) is 12.0. The standard InChI is InChI=1S/C14H18N4OS/c15-12-3-4-13(16-6-5-11-8-20-9-17-11)18-14(12)19-7-10-1-2-10/h3-4,8-10H,1-2,5-7,15H2,(H,16,18). The van der Waals surface area contributed by atoms with Gasteiger partial charge in [0.25, 0.3) is 0 Å². The minimum Gasteiger partial charge on any atom is -0.476 e. The minimum atomic E-state index is 0.538. The van der Waals surface area contributed by atoms with Crippen LogP contribution in [0.5, 0.6) is 5.88 Å². The number of nitrogen functional groups attached to an aromatic ring is 1. The van der Waals surface area contributed by atoms with Crippen molar-refractivity contribution in [2.75, 3.05) is 24.2 Å². The second kappa shape index (κ2) is 6.09. The van der Waals surface area contributed by atoms with Gasteiger partial charge in [-0.25, -0.2) is 4.98 Å². The molecule has 1 aliphatic rings. The van der Waals surface area contributed by atoms with Crippen LogP contribution in [0.15, 0.2) is 23.0 Å². The van der Waals surface area contributed by atoms with Crippen LogP contribution < -0.4 is 15.8 Å². The Morgan fingerprint density at radius 3 is 3.05 bits per heavy atom. The molecule has 3 N–H and O–H groups in total. The van der Waals surface area contributed by atoms with Gasteiger partial charge in [-0.1, -0.05) is 0 Å². The monoisotopic (exact) mass is 290 g/mol. The Balaban J connectivity index is 1.53. The van der Waals surface area contributed by atoms with E-state index in [0.717, 1.165) is 31.1 Å². The summed E-state index contributed by atoms with van der Waals surface area (Å²) in [5, 5.41) is 5.33. The van der Waals surface area contributed by atoms with Crippen LogP contribution in [-0.2, 0) is 6.42 Å². The van der Waals surface area contributed by atoms with Crippen LogP contribution in [-0.4, -0.2) is 23.1 Å². The summed E-state index contributed by atoms with van der Waals surface area (Å²) in [5.74, 6) is 2.02. The van der Waals surface area contributed by atoms with Crippen LogP contribution in [0.25, 0.3) is 0 Å². The molecule has 3 rings (SSSR count). The Kier molecular flexibility index (Phi) is 4.01. The maximum Gasteiger partial charge on any atom is 0.239 e. The van der Waals surface area contributed by atoms with Crippen molar-refractivity contribution in [3.05, 3.63) is 28.7 Å². The summed E-state index contributed by atoms with van der Waals surface area (Å²) in [6.45, 7) is 1.52. The Bertz CT molecular complexity index is 554. The fourth-order valence-corrected chi connectivity index (χ4v) is 2.42. The Morgan fingerprint density at radius 1 is 1.40 bits per heavy atom. The predicted molar refractivity (Wildman–Crippen MR) is 81.2 cm³/mol. The molecule has 1 fully saturated rings. The summed E-state index contributed by atoms with van der Waals surface area (Å²) in [6, 6.07) is 3.71. The molecule has 0 radical (unpaired) electrons. The van der Waals surface area contributed by atoms with E-state index in [0.29, 0.717) is 17.5 Å². The maximum absolute atomic E-state index is 5.88. The number of nitrogens with zero attached hydrogens (tertiary/aromatic N) is 2. The van der Waals surface area contributed by atoms with Gasteiger partial charge in [-0.2, -0.15) is 4.98 Å². The number of nitrogens with two attached hydrogens (primary N) is 1. The number of anilines is 2. The van der Waals surface area contributed by atoms with Crippen LogP contribution >= 0.6 is 11.3 Å². The molecular weight excluding hydrogens is 272 g/mol. The highest BCUT2D eigenvalue weighted by molar-refractivity contribution is 7.07. The number of hydrogen-bond donors (Lipinski definition) is 2. The molecule has 2 aromatic heterocycles. The first-order valence-corrected chi connectivity index (χ1v) is 7.76. The summed E-state index contributed by atoms with van der Waals surface area (Å²) in [7, 11) is 0. The molecule has 0 aromatic carbocycles. The van der Waals surface area contributed by atoms with Crippen molar-refractivity contribution in [1.82, 2.24) is 9.97 Å². The molecule has 0 aliphatic heterocycles. The van der Waals surface area contributed by atoms with Crippen molar-refractivity contribution in [3.8, 4) is 5.88 Å². The lowest BCUT2D eigenvalue weighted by Gasteiger charge is -2.10. The van der Waals surface area contributed by atoms with Crippen molar-refractivity contribution < 1.29 is 4.74 Å². The number of ether oxygens (including phenoxy) is 1. The highest BCUT2D eigenvalue weighted by Crippen LogP contribution is 2.30. The highest BCUT2D eigenvalue weighted by atomic mass is 32.1. The van der Waals surface area contributed by atoms with Gasteiger partial charge < -0.3 is 15.8 Å². The summed E-state index contributed by atoms with van der Waals surface area (Å²) >= 11 is 1.61. The quantitative estimate of drug-likeness (QED) is 0.820. The molecule has 20 heavy (non-hydrogen) atoms. The fraction of sp³-hybridized carbons (Fsp3) is 0.429. The minimum absolute atomic E-state index is 0.538. The molecule has 6 heteroatoms. The molecule has 1 saturated carbocycles. The zero-order valence-electron chi connectivity index (χ0n) is 11.2. The lowest BCUT2D eigenvalue weighted by atomic mass is 10.3. The normalized spacial score (nSPS) is 14.2. The summed E-state index contributed by atoms with van der Waals surface area (Å²) < 4.78 is 5.67. The van der Waals surface area contributed by atoms with Gasteiger partial charge in [-0.05, 0) is 30.9 Å². The van der Waals surface area contributed by atoms with Crippen molar-refractivity contribution in [1.29, 1.82) is 0 Å². The number of pyridine rings is 1. The third-order valence-corrected chi connectivity index (χ3v) is 3.85. The summed E-state index contributed by atoms with van der Waals surface area (Å²) in [4.78, 5) is 8.66. The van der Waals surface area contributed by atoms with E-state index in [1.807, 2.05) is 17.6 Å². The Labute approximate surface area is 122 Å². The largest absolute Gasteiger partial charge is 0.476 e. The van der Waals surface area contributed by atoms with Crippen LogP contribution in [0.4, 0.5) is 11.5 Å². The summed E-state index contributed by atoms with van der Waals surface area (Å²) in [6.07, 6.45) is 3.39. The number of nitrogens with one attached hydrogen (secondary N) is 1. The van der Waals surface area contributed by atoms with E-state index in [4.69, 9.17) is 10.5 Å². The van der Waals surface area contributed by atoms with Crippen LogP contribution in [0.1, 0.15) is 18.5 Å². The van der Waals surface area contributed by atoms with Gasteiger partial charge in [0, 0.05) is 18.3 Å². The smallest absolute Gasteiger partial charge is 0.239 e. The van der Waals surface area contributed by atoms with Gasteiger partial charge in [0.05, 0.1) is 23.5 Å². The molecule has 0 atom stereocenters. The van der Waals surface area contributed by atoms with E-state index in [2.05, 4.69) is 20.7 Å². The molecule has 5 nitrogen and oxygen atoms in total. The average Bonchev–Trinajstić information content (AvgIpc) is 3.14. The van der Waals surface area contributed by atoms with Crippen LogP contribution in [0.2, 0.25) is 0 Å². The van der Waals surface area contributed by atoms with E-state index in [1.54, 1.807) is 11.3 Å². The first-order valence-electron chi connectivity index (χ1n) is 6.81. The van der Waals surface area contributed by atoms with Crippen molar-refractivity contribution in [2.45, 2.75) is 19.3 Å². The van der Waals surface area contributed by atoms with E-state index >= 15 is 0 Å². The fourth-order valence-electron chi connectivity index (χ4n) is 1.83. The number of rotatable bonds is 7. The van der Waals surface area contributed by atoms with Crippen LogP contribution in [0, 0.1) is 5.92 Å². The predicted octanol–water partition coefficient (Wildman–Crippen LogP) is 2.56. The van der Waals surface area contributed by atoms with Crippen LogP contribution in [0.3, 0.4) is 0 Å². The van der Waals surface area contributed by atoms with Crippen molar-refractivity contribution >= 4 is 22.8 Å². The molecule has 0 spiro atoms. The van der Waals surface area contributed by atoms with Gasteiger partial charge in [-0.15, -0.1) is 11.3 Å². The second-order valence-electron chi connectivity index (χ2n) is 5.00. The molecule has 1 aliphatic carbocycles. The zero-order chi connectivity index (χ0) is 13.8. The van der Waals surface area contributed by atoms with E-state index in [1.165, 1.54) is 12.8 Å². The number of aromatic nitrogens is 2. The molecule has 106 valence electrons. The van der Waals surface area contributed by atoms with E-state index in [9.17, 15) is 0 Å². The number of hydrogen-bond acceptors (Lipinski definition) is 6. The third-order valence-electron chi connectivity index (χ3n) is 3.21. The Morgan fingerprint density at radius 2 is 2.30 bits per heavy atom. The summed E-state index contributed by atoms with van der Waals surface area (Å²) in [5.41, 5.74) is 9.42. The van der Waals surface area contributed by atoms with Gasteiger partial charge in [0.2, 0.25) is 5.88 Å². The van der Waals surface area contributed by atoms with Gasteiger partial charge in [0.1, 0.15) is 5.82 Å². The lowest BCUT2D eigenvalue weighted by Crippen LogP contribution is -2.09. The molecule has 0 saturated heterocycles. The first-order chi connectivity index (χ1) is 9.81. The topological polar surface area (TPSA) is 73.1 Å². The Hall–Kier alpha value is -1.82. The molecule has 0 unspecified atom stereocenters. The highest BCUT2D eigenvalue weighted by Gasteiger charge is 2.22. The average molecular weight is 290 g/mol. The van der Waals surface area contributed by atoms with Gasteiger partial charge in [0.15, 0.2) is 0 Å². The number of thiazole rings is 1. The maximum atomic E-state index is 5.88. The molecular formula is C14H18N4OS. The molecule has 2 aromatic rings. The molecule has 0 amide bonds. The first kappa shape index (κ1) is 13.2. The molecule has 2 heterocycles. The van der Waals surface area contributed by atoms with Gasteiger partial charge in [-0.3, -0.25) is 0 Å². The second-order valence-corrected chi connectivity index (χ2v) is 5.72. The third kappa shape index (κ3) is 3.60. The van der Waals surface area contributed by atoms with E-state index < -0.39 is 0 Å².